The van der Waals surface area contributed by atoms with E-state index in [1.807, 2.05) is 86.0 Å². The first-order valence-electron chi connectivity index (χ1n) is 13.9. The van der Waals surface area contributed by atoms with Crippen LogP contribution >= 0.6 is 11.3 Å². The minimum atomic E-state index is -0.987. The van der Waals surface area contributed by atoms with Crippen molar-refractivity contribution in [1.29, 1.82) is 0 Å². The Labute approximate surface area is 248 Å². The van der Waals surface area contributed by atoms with E-state index in [4.69, 9.17) is 5.73 Å². The number of primary amides is 1. The molecule has 3 heterocycles. The molecule has 5 rings (SSSR count). The van der Waals surface area contributed by atoms with Gasteiger partial charge in [0, 0.05) is 19.4 Å². The summed E-state index contributed by atoms with van der Waals surface area (Å²) in [5.74, 6) is -1.74. The summed E-state index contributed by atoms with van der Waals surface area (Å²) in [6, 6.07) is 18.8. The fourth-order valence-corrected chi connectivity index (χ4v) is 5.99. The van der Waals surface area contributed by atoms with Crippen molar-refractivity contribution in [3.8, 4) is 21.7 Å². The van der Waals surface area contributed by atoms with Gasteiger partial charge in [0.1, 0.15) is 23.8 Å². The molecule has 0 bridgehead atoms. The van der Waals surface area contributed by atoms with Crippen LogP contribution in [0.3, 0.4) is 0 Å². The Balaban J connectivity index is 1.30. The van der Waals surface area contributed by atoms with E-state index in [0.717, 1.165) is 21.6 Å². The van der Waals surface area contributed by atoms with Crippen molar-refractivity contribution in [3.05, 3.63) is 83.9 Å². The van der Waals surface area contributed by atoms with Gasteiger partial charge in [-0.15, -0.1) is 16.4 Å². The number of hydrogen-bond acceptors (Lipinski definition) is 7. The highest BCUT2D eigenvalue weighted by atomic mass is 32.1. The quantitative estimate of drug-likeness (QED) is 0.261. The Hall–Kier alpha value is -4.35. The Bertz CT molecular complexity index is 1520. The number of hydrogen-bond donors (Lipinski definition) is 3. The second-order valence-corrected chi connectivity index (χ2v) is 11.8. The van der Waals surface area contributed by atoms with Gasteiger partial charge in [-0.2, -0.15) is 0 Å². The number of carbonyl (C=O) groups is 3. The van der Waals surface area contributed by atoms with Crippen LogP contribution in [-0.2, 0) is 20.8 Å². The predicted molar refractivity (Wildman–Crippen MR) is 160 cm³/mol. The van der Waals surface area contributed by atoms with Crippen molar-refractivity contribution < 1.29 is 19.5 Å². The minimum Gasteiger partial charge on any atom is -0.391 e. The monoisotopic (exact) mass is 586 g/mol. The average molecular weight is 587 g/mol. The van der Waals surface area contributed by atoms with Gasteiger partial charge in [0.2, 0.25) is 17.7 Å². The lowest BCUT2D eigenvalue weighted by atomic mass is 10.00. The zero-order valence-corrected chi connectivity index (χ0v) is 24.3. The number of rotatable bonds is 10. The molecule has 0 aliphatic carbocycles. The maximum absolute atomic E-state index is 13.9. The standard InChI is InChI=1S/C31H34N6O4S/c1-19(2)28(37-18-25(34-35-37)27-9-6-14-42-27)31(41)36-17-23(38)16-26(36)30(40)33-24(29(32)39)15-20-10-12-22(13-11-20)21-7-4-3-5-8-21/h3-14,18-19,23-24,26,28,38H,15-17H2,1-2H3,(H2,32,39)(H,33,40). The lowest BCUT2D eigenvalue weighted by Crippen LogP contribution is -2.54. The highest BCUT2D eigenvalue weighted by Gasteiger charge is 2.43. The molecule has 2 aromatic heterocycles. The van der Waals surface area contributed by atoms with Crippen LogP contribution in [-0.4, -0.2) is 67.5 Å². The third-order valence-corrected chi connectivity index (χ3v) is 8.37. The number of nitrogens with one attached hydrogen (secondary N) is 1. The normalized spacial score (nSPS) is 18.1. The number of aromatic nitrogens is 3. The fourth-order valence-electron chi connectivity index (χ4n) is 5.32. The molecule has 4 atom stereocenters. The van der Waals surface area contributed by atoms with Gasteiger partial charge in [0.25, 0.3) is 0 Å². The van der Waals surface area contributed by atoms with Crippen molar-refractivity contribution in [2.75, 3.05) is 6.54 Å². The molecule has 4 aromatic rings. The van der Waals surface area contributed by atoms with Crippen LogP contribution in [0, 0.1) is 5.92 Å². The van der Waals surface area contributed by atoms with Gasteiger partial charge in [-0.05, 0) is 34.1 Å². The van der Waals surface area contributed by atoms with Crippen LogP contribution in [0.15, 0.2) is 78.3 Å². The summed E-state index contributed by atoms with van der Waals surface area (Å²) in [5.41, 5.74) is 9.26. The SMILES string of the molecule is CC(C)C(C(=O)N1CC(O)CC1C(=O)NC(Cc1ccc(-c2ccccc2)cc1)C(N)=O)n1cc(-c2cccs2)nn1. The number of nitrogens with zero attached hydrogens (tertiary/aromatic N) is 4. The molecule has 4 N–H and O–H groups in total. The smallest absolute Gasteiger partial charge is 0.248 e. The fraction of sp³-hybridized carbons (Fsp3) is 0.323. The average Bonchev–Trinajstić information content (AvgIpc) is 3.75. The van der Waals surface area contributed by atoms with Crippen LogP contribution in [0.1, 0.15) is 31.9 Å². The molecule has 0 radical (unpaired) electrons. The van der Waals surface area contributed by atoms with Crippen LogP contribution in [0.4, 0.5) is 0 Å². The molecule has 218 valence electrons. The summed E-state index contributed by atoms with van der Waals surface area (Å²) < 4.78 is 1.52. The number of β-amino-alcohol motifs (C(OH)–C–C–N with tert-alkyl or cyclic N) is 1. The maximum atomic E-state index is 13.9. The molecule has 4 unspecified atom stereocenters. The molecule has 42 heavy (non-hydrogen) atoms. The summed E-state index contributed by atoms with van der Waals surface area (Å²) in [6.07, 6.45) is 1.09. The largest absolute Gasteiger partial charge is 0.391 e. The Morgan fingerprint density at radius 1 is 1.05 bits per heavy atom. The van der Waals surface area contributed by atoms with Gasteiger partial charge in [0.15, 0.2) is 0 Å². The molecule has 3 amide bonds. The molecule has 1 fully saturated rings. The number of aliphatic hydroxyl groups is 1. The Morgan fingerprint density at radius 3 is 2.40 bits per heavy atom. The van der Waals surface area contributed by atoms with Crippen molar-refractivity contribution in [3.63, 3.8) is 0 Å². The number of carbonyl (C=O) groups excluding carboxylic acids is 3. The third kappa shape index (κ3) is 6.42. The van der Waals surface area contributed by atoms with E-state index in [0.29, 0.717) is 5.69 Å². The van der Waals surface area contributed by atoms with E-state index in [1.54, 1.807) is 6.20 Å². The number of amides is 3. The van der Waals surface area contributed by atoms with E-state index in [1.165, 1.54) is 20.9 Å². The van der Waals surface area contributed by atoms with E-state index < -0.39 is 36.0 Å². The summed E-state index contributed by atoms with van der Waals surface area (Å²) in [6.45, 7) is 3.78. The van der Waals surface area contributed by atoms with Crippen LogP contribution < -0.4 is 11.1 Å². The molecule has 11 heteroatoms. The van der Waals surface area contributed by atoms with Crippen molar-refractivity contribution in [2.24, 2.45) is 11.7 Å². The minimum absolute atomic E-state index is 0.00515. The van der Waals surface area contributed by atoms with Gasteiger partial charge in [-0.1, -0.05) is 79.7 Å². The van der Waals surface area contributed by atoms with Crippen molar-refractivity contribution >= 4 is 29.1 Å². The molecule has 1 aliphatic heterocycles. The van der Waals surface area contributed by atoms with Gasteiger partial charge >= 0.3 is 0 Å². The highest BCUT2D eigenvalue weighted by molar-refractivity contribution is 7.13. The van der Waals surface area contributed by atoms with Crippen molar-refractivity contribution in [1.82, 2.24) is 25.2 Å². The lowest BCUT2D eigenvalue weighted by molar-refractivity contribution is -0.143. The second kappa shape index (κ2) is 12.7. The zero-order valence-electron chi connectivity index (χ0n) is 23.5. The molecular formula is C31H34N6O4S. The summed E-state index contributed by atoms with van der Waals surface area (Å²) in [4.78, 5) is 42.0. The van der Waals surface area contributed by atoms with Crippen LogP contribution in [0.25, 0.3) is 21.7 Å². The molecule has 0 spiro atoms. The molecule has 0 saturated carbocycles. The topological polar surface area (TPSA) is 143 Å². The lowest BCUT2D eigenvalue weighted by Gasteiger charge is -2.30. The molecule has 1 aliphatic rings. The predicted octanol–water partition coefficient (Wildman–Crippen LogP) is 3.05. The van der Waals surface area contributed by atoms with Crippen LogP contribution in [0.2, 0.25) is 0 Å². The molecule has 2 aromatic carbocycles. The number of benzene rings is 2. The number of thiophene rings is 1. The highest BCUT2D eigenvalue weighted by Crippen LogP contribution is 2.29. The third-order valence-electron chi connectivity index (χ3n) is 7.48. The number of aliphatic hydroxyl groups excluding tert-OH is 1. The first-order chi connectivity index (χ1) is 20.2. The maximum Gasteiger partial charge on any atom is 0.248 e. The first kappa shape index (κ1) is 29.2. The van der Waals surface area contributed by atoms with E-state index >= 15 is 0 Å². The molecule has 10 nitrogen and oxygen atoms in total. The summed E-state index contributed by atoms with van der Waals surface area (Å²) >= 11 is 1.52. The number of likely N-dealkylation sites (tertiary alicyclic amines) is 1. The van der Waals surface area contributed by atoms with Crippen LogP contribution in [0.5, 0.6) is 0 Å². The zero-order chi connectivity index (χ0) is 29.8. The summed E-state index contributed by atoms with van der Waals surface area (Å²) in [7, 11) is 0. The Kier molecular flexibility index (Phi) is 8.79. The Morgan fingerprint density at radius 2 is 1.76 bits per heavy atom. The van der Waals surface area contributed by atoms with Crippen molar-refractivity contribution in [2.45, 2.75) is 50.9 Å². The van der Waals surface area contributed by atoms with E-state index in [2.05, 4.69) is 15.6 Å². The second-order valence-electron chi connectivity index (χ2n) is 10.9. The van der Waals surface area contributed by atoms with E-state index in [9.17, 15) is 19.5 Å². The molecule has 1 saturated heterocycles. The van der Waals surface area contributed by atoms with Gasteiger partial charge in [-0.3, -0.25) is 14.4 Å². The number of nitrogens with two attached hydrogens (primary N) is 1. The molecular weight excluding hydrogens is 552 g/mol. The van der Waals surface area contributed by atoms with Gasteiger partial charge < -0.3 is 21.1 Å². The van der Waals surface area contributed by atoms with Gasteiger partial charge in [-0.25, -0.2) is 4.68 Å². The van der Waals surface area contributed by atoms with E-state index in [-0.39, 0.29) is 31.2 Å². The summed E-state index contributed by atoms with van der Waals surface area (Å²) in [5, 5.41) is 23.6. The first-order valence-corrected chi connectivity index (χ1v) is 14.8. The van der Waals surface area contributed by atoms with Gasteiger partial charge in [0.05, 0.1) is 17.2 Å².